The van der Waals surface area contributed by atoms with Gasteiger partial charge in [-0.3, -0.25) is 10.1 Å². The topological polar surface area (TPSA) is 156 Å². The van der Waals surface area contributed by atoms with E-state index in [-0.39, 0.29) is 30.0 Å². The molecule has 1 saturated heterocycles. The number of carbonyl (C=O) groups is 2. The van der Waals surface area contributed by atoms with Crippen LogP contribution in [0.2, 0.25) is 0 Å². The number of nitrogen functional groups attached to an aromatic ring is 1. The van der Waals surface area contributed by atoms with Crippen LogP contribution in [0.1, 0.15) is 60.8 Å². The summed E-state index contributed by atoms with van der Waals surface area (Å²) < 4.78 is 7.32. The molecular formula is C31H44N10O3. The zero-order valence-corrected chi connectivity index (χ0v) is 26.4. The number of carbonyl (C=O) groups excluding carboxylic acids is 2. The summed E-state index contributed by atoms with van der Waals surface area (Å²) in [7, 11) is 0. The molecule has 0 bridgehead atoms. The van der Waals surface area contributed by atoms with Gasteiger partial charge in [0.2, 0.25) is 17.8 Å². The second-order valence-electron chi connectivity index (χ2n) is 12.6. The average Bonchev–Trinajstić information content (AvgIpc) is 3.33. The highest BCUT2D eigenvalue weighted by atomic mass is 16.6. The maximum atomic E-state index is 12.7. The minimum Gasteiger partial charge on any atom is -0.446 e. The molecule has 236 valence electrons. The summed E-state index contributed by atoms with van der Waals surface area (Å²) in [6, 6.07) is 9.12. The van der Waals surface area contributed by atoms with Crippen LogP contribution in [-0.2, 0) is 9.53 Å². The van der Waals surface area contributed by atoms with Crippen LogP contribution in [0.5, 0.6) is 0 Å². The van der Waals surface area contributed by atoms with Gasteiger partial charge in [-0.05, 0) is 68.7 Å². The number of ether oxygens (including phenoxy) is 1. The van der Waals surface area contributed by atoms with Crippen molar-refractivity contribution in [2.75, 3.05) is 34.4 Å². The molecule has 13 nitrogen and oxygen atoms in total. The fraction of sp³-hybridized carbons (Fsp3) is 0.548. The molecular weight excluding hydrogens is 560 g/mol. The van der Waals surface area contributed by atoms with E-state index in [1.807, 2.05) is 36.9 Å². The average molecular weight is 605 g/mol. The fourth-order valence-corrected chi connectivity index (χ4v) is 6.60. The second kappa shape index (κ2) is 13.1. The monoisotopic (exact) mass is 604 g/mol. The van der Waals surface area contributed by atoms with Crippen LogP contribution in [0.25, 0.3) is 5.82 Å². The van der Waals surface area contributed by atoms with Crippen molar-refractivity contribution in [1.29, 1.82) is 0 Å². The van der Waals surface area contributed by atoms with Gasteiger partial charge in [-0.2, -0.15) is 9.67 Å². The molecule has 13 heteroatoms. The predicted molar refractivity (Wildman–Crippen MR) is 170 cm³/mol. The highest BCUT2D eigenvalue weighted by Crippen LogP contribution is 2.35. The molecule has 1 aromatic carbocycles. The molecule has 2 amide bonds. The smallest absolute Gasteiger partial charge is 0.411 e. The second-order valence-corrected chi connectivity index (χ2v) is 12.6. The quantitative estimate of drug-likeness (QED) is 0.341. The van der Waals surface area contributed by atoms with Crippen LogP contribution in [0.3, 0.4) is 0 Å². The lowest BCUT2D eigenvalue weighted by Crippen LogP contribution is -2.58. The Morgan fingerprint density at radius 2 is 1.66 bits per heavy atom. The van der Waals surface area contributed by atoms with E-state index in [1.165, 1.54) is 17.4 Å². The molecule has 0 spiro atoms. The third-order valence-electron chi connectivity index (χ3n) is 8.70. The molecule has 1 aliphatic heterocycles. The van der Waals surface area contributed by atoms with Gasteiger partial charge in [0.15, 0.2) is 5.82 Å². The molecule has 1 aliphatic carbocycles. The Morgan fingerprint density at radius 3 is 2.32 bits per heavy atom. The van der Waals surface area contributed by atoms with Gasteiger partial charge >= 0.3 is 6.09 Å². The van der Waals surface area contributed by atoms with Crippen molar-refractivity contribution in [2.24, 2.45) is 17.8 Å². The standard InChI is InChI=1S/C31H44N10O3/c1-18(2)25-12-7-19(3)13-26(25)44-31(43)36-24-10-8-23(9-11-24)35-30-37-29(32)41(38-30)28-14-27(33-17-34-28)39-15-20(4)40(22(6)42)21(5)16-39/h8-11,14,17-21,25-26H,7,12-13,15-16H2,1-6H3,(H,36,43)(H3,32,35,37,38)/t19-,20-,21+,25+,26+/m1/s1. The maximum absolute atomic E-state index is 12.7. The number of hydrogen-bond donors (Lipinski definition) is 3. The molecule has 0 radical (unpaired) electrons. The first-order valence-electron chi connectivity index (χ1n) is 15.4. The minimum atomic E-state index is -0.433. The van der Waals surface area contributed by atoms with E-state index in [4.69, 9.17) is 10.5 Å². The first kappa shape index (κ1) is 31.0. The van der Waals surface area contributed by atoms with Crippen molar-refractivity contribution in [3.05, 3.63) is 36.7 Å². The maximum Gasteiger partial charge on any atom is 0.411 e. The first-order valence-corrected chi connectivity index (χ1v) is 15.4. The molecule has 3 aromatic rings. The van der Waals surface area contributed by atoms with Crippen molar-refractivity contribution >= 4 is 41.1 Å². The Morgan fingerprint density at radius 1 is 1.00 bits per heavy atom. The zero-order valence-electron chi connectivity index (χ0n) is 26.4. The molecule has 4 N–H and O–H groups in total. The van der Waals surface area contributed by atoms with Crippen molar-refractivity contribution < 1.29 is 14.3 Å². The van der Waals surface area contributed by atoms with Crippen LogP contribution in [0, 0.1) is 17.8 Å². The van der Waals surface area contributed by atoms with Gasteiger partial charge in [0.05, 0.1) is 0 Å². The lowest BCUT2D eigenvalue weighted by molar-refractivity contribution is -0.133. The van der Waals surface area contributed by atoms with Crippen LogP contribution in [-0.4, -0.2) is 72.9 Å². The van der Waals surface area contributed by atoms with E-state index in [0.29, 0.717) is 48.3 Å². The molecule has 5 rings (SSSR count). The van der Waals surface area contributed by atoms with Crippen molar-refractivity contribution in [3.8, 4) is 5.82 Å². The molecule has 44 heavy (non-hydrogen) atoms. The molecule has 2 aromatic heterocycles. The largest absolute Gasteiger partial charge is 0.446 e. The summed E-state index contributed by atoms with van der Waals surface area (Å²) in [4.78, 5) is 42.0. The van der Waals surface area contributed by atoms with Crippen LogP contribution in [0.4, 0.5) is 33.9 Å². The number of anilines is 5. The van der Waals surface area contributed by atoms with E-state index in [1.54, 1.807) is 19.1 Å². The lowest BCUT2D eigenvalue weighted by atomic mass is 9.75. The lowest BCUT2D eigenvalue weighted by Gasteiger charge is -2.44. The minimum absolute atomic E-state index is 0.0482. The van der Waals surface area contributed by atoms with Crippen molar-refractivity contribution in [1.82, 2.24) is 29.6 Å². The Bertz CT molecular complexity index is 1450. The fourth-order valence-electron chi connectivity index (χ4n) is 6.60. The Balaban J connectivity index is 1.21. The van der Waals surface area contributed by atoms with Gasteiger partial charge in [0.1, 0.15) is 18.2 Å². The van der Waals surface area contributed by atoms with Gasteiger partial charge < -0.3 is 25.6 Å². The predicted octanol–water partition coefficient (Wildman–Crippen LogP) is 4.84. The number of nitrogens with zero attached hydrogens (tertiary/aromatic N) is 7. The molecule has 5 atom stereocenters. The number of benzene rings is 1. The van der Waals surface area contributed by atoms with Crippen LogP contribution < -0.4 is 21.3 Å². The molecule has 3 heterocycles. The summed E-state index contributed by atoms with van der Waals surface area (Å²) >= 11 is 0. The van der Waals surface area contributed by atoms with Gasteiger partial charge in [-0.25, -0.2) is 14.8 Å². The Labute approximate surface area is 258 Å². The van der Waals surface area contributed by atoms with Gasteiger partial charge in [-0.1, -0.05) is 27.2 Å². The van der Waals surface area contributed by atoms with E-state index >= 15 is 0 Å². The van der Waals surface area contributed by atoms with Crippen molar-refractivity contribution in [3.63, 3.8) is 0 Å². The molecule has 2 aliphatic rings. The Hall–Kier alpha value is -4.42. The molecule has 0 unspecified atom stereocenters. The summed E-state index contributed by atoms with van der Waals surface area (Å²) in [6.07, 6.45) is 4.13. The number of nitrogens with one attached hydrogen (secondary N) is 2. The van der Waals surface area contributed by atoms with E-state index < -0.39 is 6.09 Å². The van der Waals surface area contributed by atoms with Gasteiger partial charge in [0.25, 0.3) is 0 Å². The number of piperazine rings is 1. The van der Waals surface area contributed by atoms with Crippen LogP contribution >= 0.6 is 0 Å². The third kappa shape index (κ3) is 7.03. The summed E-state index contributed by atoms with van der Waals surface area (Å²) in [5, 5.41) is 10.5. The van der Waals surface area contributed by atoms with E-state index in [9.17, 15) is 9.59 Å². The summed E-state index contributed by atoms with van der Waals surface area (Å²) in [6.45, 7) is 13.6. The SMILES string of the molecule is CC(=O)N1[C@H](C)CN(c2cc(-n3nc(Nc4ccc(NC(=O)O[C@H]5C[C@H](C)CC[C@H]5C(C)C)cc4)nc3N)ncn2)C[C@@H]1C. The third-order valence-corrected chi connectivity index (χ3v) is 8.70. The number of amides is 2. The van der Waals surface area contributed by atoms with Crippen LogP contribution in [0.15, 0.2) is 36.7 Å². The number of aromatic nitrogens is 5. The van der Waals surface area contributed by atoms with E-state index in [2.05, 4.69) is 56.4 Å². The highest BCUT2D eigenvalue weighted by molar-refractivity contribution is 5.85. The summed E-state index contributed by atoms with van der Waals surface area (Å²) in [5.41, 5.74) is 7.56. The summed E-state index contributed by atoms with van der Waals surface area (Å²) in [5.74, 6) is 3.14. The highest BCUT2D eigenvalue weighted by Gasteiger charge is 2.34. The van der Waals surface area contributed by atoms with Crippen molar-refractivity contribution in [2.45, 2.75) is 79.0 Å². The molecule has 1 saturated carbocycles. The van der Waals surface area contributed by atoms with E-state index in [0.717, 1.165) is 24.3 Å². The Kier molecular flexibility index (Phi) is 9.21. The van der Waals surface area contributed by atoms with Gasteiger partial charge in [0, 0.05) is 49.5 Å². The number of hydrogen-bond acceptors (Lipinski definition) is 10. The zero-order chi connectivity index (χ0) is 31.5. The normalized spacial score (nSPS) is 23.8. The first-order chi connectivity index (χ1) is 21.0. The molecule has 2 fully saturated rings. The van der Waals surface area contributed by atoms with Gasteiger partial charge in [-0.15, -0.1) is 5.10 Å². The number of nitrogens with two attached hydrogens (primary N) is 1. The number of rotatable bonds is 7.